The van der Waals surface area contributed by atoms with Gasteiger partial charge in [0.2, 0.25) is 5.88 Å². The van der Waals surface area contributed by atoms with Crippen LogP contribution in [0.1, 0.15) is 61.0 Å². The molecule has 6 heteroatoms. The third-order valence-electron chi connectivity index (χ3n) is 5.77. The standard InChI is InChI=1S/C21H27N3O3/c1-13-22-11-19(14-3-5-16(25)6-4-14)21(24-13)27-12-15-9-18(15)20-8-7-17(26-2)10-23-20/h7-8,10-11,14-16,18,25H,3-6,9,12H2,1-2H3/t14-,15-,16+,18+/m1/s1. The van der Waals surface area contributed by atoms with Crippen molar-refractivity contribution in [3.05, 3.63) is 41.6 Å². The maximum atomic E-state index is 9.77. The van der Waals surface area contributed by atoms with Gasteiger partial charge in [-0.1, -0.05) is 0 Å². The molecule has 0 aromatic carbocycles. The lowest BCUT2D eigenvalue weighted by Gasteiger charge is -2.26. The molecule has 2 aliphatic rings. The van der Waals surface area contributed by atoms with Crippen molar-refractivity contribution >= 4 is 0 Å². The summed E-state index contributed by atoms with van der Waals surface area (Å²) >= 11 is 0. The lowest BCUT2D eigenvalue weighted by Crippen LogP contribution is -2.18. The summed E-state index contributed by atoms with van der Waals surface area (Å²) in [5.74, 6) is 3.54. The van der Waals surface area contributed by atoms with E-state index in [1.54, 1.807) is 13.3 Å². The molecule has 2 fully saturated rings. The number of methoxy groups -OCH3 is 1. The van der Waals surface area contributed by atoms with Crippen LogP contribution < -0.4 is 9.47 Å². The highest BCUT2D eigenvalue weighted by molar-refractivity contribution is 5.29. The van der Waals surface area contributed by atoms with Crippen molar-refractivity contribution in [2.24, 2.45) is 5.92 Å². The van der Waals surface area contributed by atoms with Gasteiger partial charge in [-0.2, -0.15) is 4.98 Å². The average Bonchev–Trinajstić information content (AvgIpc) is 3.47. The van der Waals surface area contributed by atoms with Gasteiger partial charge in [-0.05, 0) is 57.1 Å². The Kier molecular flexibility index (Phi) is 5.25. The fourth-order valence-electron chi connectivity index (χ4n) is 3.95. The van der Waals surface area contributed by atoms with Gasteiger partial charge in [0.1, 0.15) is 11.6 Å². The zero-order chi connectivity index (χ0) is 18.8. The second-order valence-electron chi connectivity index (χ2n) is 7.72. The van der Waals surface area contributed by atoms with Crippen LogP contribution in [0.25, 0.3) is 0 Å². The zero-order valence-electron chi connectivity index (χ0n) is 16.0. The summed E-state index contributed by atoms with van der Waals surface area (Å²) in [5.41, 5.74) is 2.19. The van der Waals surface area contributed by atoms with Gasteiger partial charge >= 0.3 is 0 Å². The van der Waals surface area contributed by atoms with E-state index in [1.165, 1.54) is 0 Å². The Morgan fingerprint density at radius 1 is 1.11 bits per heavy atom. The Hall–Kier alpha value is -2.21. The minimum absolute atomic E-state index is 0.166. The second kappa shape index (κ2) is 7.80. The van der Waals surface area contributed by atoms with Crippen LogP contribution in [0.5, 0.6) is 11.6 Å². The van der Waals surface area contributed by atoms with Gasteiger partial charge in [-0.3, -0.25) is 4.98 Å². The van der Waals surface area contributed by atoms with Crippen LogP contribution in [-0.4, -0.2) is 39.9 Å². The third-order valence-corrected chi connectivity index (χ3v) is 5.77. The molecule has 0 saturated heterocycles. The second-order valence-corrected chi connectivity index (χ2v) is 7.72. The number of aliphatic hydroxyl groups is 1. The van der Waals surface area contributed by atoms with E-state index in [1.807, 2.05) is 25.3 Å². The molecule has 2 aromatic rings. The van der Waals surface area contributed by atoms with E-state index < -0.39 is 0 Å². The number of rotatable bonds is 6. The molecule has 0 bridgehead atoms. The van der Waals surface area contributed by atoms with E-state index in [2.05, 4.69) is 15.0 Å². The number of pyridine rings is 1. The number of ether oxygens (including phenoxy) is 2. The Bertz CT molecular complexity index is 773. The van der Waals surface area contributed by atoms with E-state index >= 15 is 0 Å². The molecule has 2 heterocycles. The first-order valence-corrected chi connectivity index (χ1v) is 9.78. The van der Waals surface area contributed by atoms with Crippen molar-refractivity contribution in [2.75, 3.05) is 13.7 Å². The van der Waals surface area contributed by atoms with Crippen molar-refractivity contribution in [2.45, 2.75) is 57.0 Å². The summed E-state index contributed by atoms with van der Waals surface area (Å²) < 4.78 is 11.3. The van der Waals surface area contributed by atoms with Crippen LogP contribution in [0.3, 0.4) is 0 Å². The molecule has 6 nitrogen and oxygen atoms in total. The van der Waals surface area contributed by atoms with Gasteiger partial charge in [-0.15, -0.1) is 0 Å². The van der Waals surface area contributed by atoms with Gasteiger partial charge in [0, 0.05) is 29.3 Å². The number of hydrogen-bond acceptors (Lipinski definition) is 6. The van der Waals surface area contributed by atoms with Gasteiger partial charge in [0.15, 0.2) is 0 Å². The van der Waals surface area contributed by atoms with Crippen LogP contribution in [0.2, 0.25) is 0 Å². The average molecular weight is 369 g/mol. The summed E-state index contributed by atoms with van der Waals surface area (Å²) in [6, 6.07) is 4.00. The van der Waals surface area contributed by atoms with Crippen molar-refractivity contribution in [3.8, 4) is 11.6 Å². The quantitative estimate of drug-likeness (QED) is 0.841. The molecular weight excluding hydrogens is 342 g/mol. The molecular formula is C21H27N3O3. The first-order chi connectivity index (χ1) is 13.1. The van der Waals surface area contributed by atoms with Crippen molar-refractivity contribution in [1.29, 1.82) is 0 Å². The first kappa shape index (κ1) is 18.2. The van der Waals surface area contributed by atoms with Crippen LogP contribution in [0, 0.1) is 12.8 Å². The van der Waals surface area contributed by atoms with Crippen molar-refractivity contribution in [3.63, 3.8) is 0 Å². The normalized spacial score (nSPS) is 27.2. The Labute approximate surface area is 160 Å². The van der Waals surface area contributed by atoms with Gasteiger partial charge in [0.25, 0.3) is 0 Å². The summed E-state index contributed by atoms with van der Waals surface area (Å²) in [4.78, 5) is 13.4. The van der Waals surface area contributed by atoms with Crippen molar-refractivity contribution in [1.82, 2.24) is 15.0 Å². The van der Waals surface area contributed by atoms with Crippen LogP contribution in [0.4, 0.5) is 0 Å². The molecule has 0 amide bonds. The number of aryl methyl sites for hydroxylation is 1. The Morgan fingerprint density at radius 3 is 2.63 bits per heavy atom. The molecule has 0 spiro atoms. The van der Waals surface area contributed by atoms with E-state index in [0.717, 1.165) is 60.8 Å². The molecule has 2 atom stereocenters. The van der Waals surface area contributed by atoms with E-state index in [9.17, 15) is 5.11 Å². The monoisotopic (exact) mass is 369 g/mol. The molecule has 27 heavy (non-hydrogen) atoms. The largest absolute Gasteiger partial charge is 0.495 e. The summed E-state index contributed by atoms with van der Waals surface area (Å²) in [5, 5.41) is 9.77. The number of aromatic nitrogens is 3. The van der Waals surface area contributed by atoms with Crippen LogP contribution >= 0.6 is 0 Å². The molecule has 2 aliphatic carbocycles. The Balaban J connectivity index is 1.39. The molecule has 0 radical (unpaired) electrons. The van der Waals surface area contributed by atoms with Gasteiger partial charge in [0.05, 0.1) is 26.0 Å². The molecule has 144 valence electrons. The Morgan fingerprint density at radius 2 is 1.93 bits per heavy atom. The minimum Gasteiger partial charge on any atom is -0.495 e. The lowest BCUT2D eigenvalue weighted by atomic mass is 9.83. The fraction of sp³-hybridized carbons (Fsp3) is 0.571. The number of hydrogen-bond donors (Lipinski definition) is 1. The van der Waals surface area contributed by atoms with Crippen LogP contribution in [0.15, 0.2) is 24.5 Å². The van der Waals surface area contributed by atoms with Gasteiger partial charge < -0.3 is 14.6 Å². The fourth-order valence-corrected chi connectivity index (χ4v) is 3.95. The van der Waals surface area contributed by atoms with Crippen LogP contribution in [-0.2, 0) is 0 Å². The SMILES string of the molecule is COc1ccc([C@H]2C[C@@H]2COc2nc(C)ncc2[C@H]2CC[C@@H](O)CC2)nc1. The highest BCUT2D eigenvalue weighted by atomic mass is 16.5. The molecule has 1 N–H and O–H groups in total. The smallest absolute Gasteiger partial charge is 0.220 e. The minimum atomic E-state index is -0.166. The van der Waals surface area contributed by atoms with Gasteiger partial charge in [-0.25, -0.2) is 4.98 Å². The van der Waals surface area contributed by atoms with E-state index in [-0.39, 0.29) is 6.10 Å². The third kappa shape index (κ3) is 4.21. The topological polar surface area (TPSA) is 77.4 Å². The molecule has 2 saturated carbocycles. The molecule has 4 rings (SSSR count). The summed E-state index contributed by atoms with van der Waals surface area (Å²) in [7, 11) is 1.65. The predicted molar refractivity (Wildman–Crippen MR) is 101 cm³/mol. The zero-order valence-corrected chi connectivity index (χ0v) is 16.0. The van der Waals surface area contributed by atoms with E-state index in [4.69, 9.17) is 9.47 Å². The lowest BCUT2D eigenvalue weighted by molar-refractivity contribution is 0.121. The summed E-state index contributed by atoms with van der Waals surface area (Å²) in [6.07, 6.45) is 8.22. The van der Waals surface area contributed by atoms with E-state index in [0.29, 0.717) is 24.4 Å². The highest BCUT2D eigenvalue weighted by Gasteiger charge is 2.40. The van der Waals surface area contributed by atoms with Crippen molar-refractivity contribution < 1.29 is 14.6 Å². The molecule has 2 aromatic heterocycles. The molecule has 0 aliphatic heterocycles. The maximum absolute atomic E-state index is 9.77. The number of aliphatic hydroxyl groups excluding tert-OH is 1. The first-order valence-electron chi connectivity index (χ1n) is 9.78. The molecule has 0 unspecified atom stereocenters. The summed E-state index contributed by atoms with van der Waals surface area (Å²) in [6.45, 7) is 2.54. The maximum Gasteiger partial charge on any atom is 0.220 e. The number of nitrogens with zero attached hydrogens (tertiary/aromatic N) is 3. The predicted octanol–water partition coefficient (Wildman–Crippen LogP) is 3.39. The highest BCUT2D eigenvalue weighted by Crippen LogP contribution is 2.47.